The van der Waals surface area contributed by atoms with Crippen LogP contribution in [0.5, 0.6) is 0 Å². The molecule has 9 heteroatoms. The third-order valence-corrected chi connectivity index (χ3v) is 3.60. The average molecular weight is 342 g/mol. The molecule has 3 N–H and O–H groups in total. The third kappa shape index (κ3) is 3.30. The summed E-state index contributed by atoms with van der Waals surface area (Å²) in [6.07, 6.45) is 0. The van der Waals surface area contributed by atoms with Gasteiger partial charge in [0.15, 0.2) is 5.78 Å². The zero-order valence-electron chi connectivity index (χ0n) is 13.6. The van der Waals surface area contributed by atoms with E-state index in [0.29, 0.717) is 5.56 Å². The number of hydrogen-bond donors (Lipinski definition) is 2. The molecular weight excluding hydrogens is 327 g/mol. The highest BCUT2D eigenvalue weighted by atomic mass is 19.1. The van der Waals surface area contributed by atoms with Crippen molar-refractivity contribution in [3.8, 4) is 0 Å². The molecule has 0 aliphatic carbocycles. The average Bonchev–Trinajstić information content (AvgIpc) is 2.94. The Bertz CT molecular complexity index is 998. The van der Waals surface area contributed by atoms with Crippen molar-refractivity contribution in [3.63, 3.8) is 0 Å². The molecule has 2 heterocycles. The molecule has 8 nitrogen and oxygen atoms in total. The molecule has 0 atom stereocenters. The summed E-state index contributed by atoms with van der Waals surface area (Å²) in [5, 5.41) is 6.55. The minimum absolute atomic E-state index is 0.0175. The van der Waals surface area contributed by atoms with E-state index in [9.17, 15) is 14.0 Å². The van der Waals surface area contributed by atoms with Gasteiger partial charge in [0.2, 0.25) is 5.95 Å². The number of aryl methyl sites for hydroxylation is 1. The maximum absolute atomic E-state index is 13.3. The van der Waals surface area contributed by atoms with Crippen LogP contribution in [0.1, 0.15) is 39.0 Å². The molecule has 0 unspecified atom stereocenters. The predicted octanol–water partition coefficient (Wildman–Crippen LogP) is 1.29. The van der Waals surface area contributed by atoms with Crippen molar-refractivity contribution in [2.75, 3.05) is 5.73 Å². The number of rotatable bonds is 4. The molecule has 0 spiro atoms. The Kier molecular flexibility index (Phi) is 4.14. The molecule has 128 valence electrons. The van der Waals surface area contributed by atoms with Crippen LogP contribution in [-0.2, 0) is 6.54 Å². The van der Waals surface area contributed by atoms with E-state index in [0.717, 1.165) is 5.56 Å². The Morgan fingerprint density at radius 2 is 2.04 bits per heavy atom. The number of nitrogens with one attached hydrogen (secondary N) is 1. The van der Waals surface area contributed by atoms with E-state index in [4.69, 9.17) is 5.73 Å². The van der Waals surface area contributed by atoms with Crippen molar-refractivity contribution >= 4 is 23.4 Å². The first-order valence-corrected chi connectivity index (χ1v) is 7.42. The summed E-state index contributed by atoms with van der Waals surface area (Å²) in [6.45, 7) is 3.18. The van der Waals surface area contributed by atoms with Crippen LogP contribution >= 0.6 is 0 Å². The van der Waals surface area contributed by atoms with Gasteiger partial charge in [0, 0.05) is 13.5 Å². The smallest absolute Gasteiger partial charge is 0.270 e. The number of Topliss-reactive ketones (excluding diaryl/α,β-unsaturated/α-hetero) is 1. The van der Waals surface area contributed by atoms with Crippen LogP contribution in [0.4, 0.5) is 10.3 Å². The van der Waals surface area contributed by atoms with Crippen LogP contribution in [0.3, 0.4) is 0 Å². The Balaban J connectivity index is 1.86. The number of hydrogen-bond acceptors (Lipinski definition) is 6. The quantitative estimate of drug-likeness (QED) is 0.690. The number of nitrogens with two attached hydrogens (primary N) is 1. The Hall–Kier alpha value is -3.36. The summed E-state index contributed by atoms with van der Waals surface area (Å²) in [6, 6.07) is 5.90. The van der Waals surface area contributed by atoms with Gasteiger partial charge in [-0.15, -0.1) is 5.10 Å². The zero-order valence-corrected chi connectivity index (χ0v) is 13.6. The van der Waals surface area contributed by atoms with Crippen molar-refractivity contribution < 1.29 is 14.0 Å². The first kappa shape index (κ1) is 16.5. The Labute approximate surface area is 141 Å². The fraction of sp³-hybridized carbons (Fsp3) is 0.188. The zero-order chi connectivity index (χ0) is 18.1. The number of ketones is 1. The number of aromatic nitrogens is 4. The van der Waals surface area contributed by atoms with Crippen molar-refractivity contribution in [1.29, 1.82) is 0 Å². The van der Waals surface area contributed by atoms with Gasteiger partial charge in [0.1, 0.15) is 17.2 Å². The summed E-state index contributed by atoms with van der Waals surface area (Å²) in [5.74, 6) is -1.09. The van der Waals surface area contributed by atoms with Gasteiger partial charge in [0.05, 0.1) is 0 Å². The number of halogens is 1. The molecule has 25 heavy (non-hydrogen) atoms. The number of amides is 1. The van der Waals surface area contributed by atoms with E-state index in [1.165, 1.54) is 23.6 Å². The fourth-order valence-electron chi connectivity index (χ4n) is 2.34. The van der Waals surface area contributed by atoms with Gasteiger partial charge in [-0.05, 0) is 30.2 Å². The molecule has 2 aromatic heterocycles. The van der Waals surface area contributed by atoms with E-state index in [-0.39, 0.29) is 41.3 Å². The topological polar surface area (TPSA) is 115 Å². The van der Waals surface area contributed by atoms with Crippen LogP contribution in [-0.4, -0.2) is 31.3 Å². The van der Waals surface area contributed by atoms with Crippen molar-refractivity contribution in [1.82, 2.24) is 24.9 Å². The fourth-order valence-corrected chi connectivity index (χ4v) is 2.34. The van der Waals surface area contributed by atoms with E-state index in [2.05, 4.69) is 20.4 Å². The monoisotopic (exact) mass is 342 g/mol. The normalized spacial score (nSPS) is 10.8. The van der Waals surface area contributed by atoms with Gasteiger partial charge in [0.25, 0.3) is 11.7 Å². The van der Waals surface area contributed by atoms with Crippen LogP contribution in [0.2, 0.25) is 0 Å². The lowest BCUT2D eigenvalue weighted by atomic mass is 10.1. The van der Waals surface area contributed by atoms with E-state index < -0.39 is 5.91 Å². The highest BCUT2D eigenvalue weighted by molar-refractivity contribution is 5.98. The first-order chi connectivity index (χ1) is 11.8. The second-order valence-electron chi connectivity index (χ2n) is 5.53. The molecule has 0 bridgehead atoms. The summed E-state index contributed by atoms with van der Waals surface area (Å²) in [4.78, 5) is 32.1. The van der Waals surface area contributed by atoms with Crippen LogP contribution in [0, 0.1) is 12.7 Å². The second-order valence-corrected chi connectivity index (χ2v) is 5.53. The van der Waals surface area contributed by atoms with Crippen molar-refractivity contribution in [2.24, 2.45) is 0 Å². The molecule has 0 aliphatic rings. The number of nitrogen functional groups attached to an aromatic ring is 1. The molecule has 1 aromatic carbocycles. The van der Waals surface area contributed by atoms with Gasteiger partial charge in [-0.1, -0.05) is 12.1 Å². The van der Waals surface area contributed by atoms with Crippen molar-refractivity contribution in [3.05, 3.63) is 52.6 Å². The molecule has 0 radical (unpaired) electrons. The van der Waals surface area contributed by atoms with Crippen LogP contribution < -0.4 is 11.1 Å². The second kappa shape index (κ2) is 6.27. The molecule has 0 aliphatic heterocycles. The molecule has 0 fully saturated rings. The molecule has 0 saturated carbocycles. The SMILES string of the molecule is CC(=O)c1cc(C(=O)NCc2ccc(F)c(C)c2)nc2nc(N)nn12. The molecule has 3 aromatic rings. The Morgan fingerprint density at radius 1 is 1.28 bits per heavy atom. The molecule has 0 saturated heterocycles. The summed E-state index contributed by atoms with van der Waals surface area (Å²) < 4.78 is 14.5. The highest BCUT2D eigenvalue weighted by Crippen LogP contribution is 2.11. The lowest BCUT2D eigenvalue weighted by Crippen LogP contribution is -2.25. The summed E-state index contributed by atoms with van der Waals surface area (Å²) in [5.41, 5.74) is 6.92. The molecule has 3 rings (SSSR count). The largest absolute Gasteiger partial charge is 0.366 e. The number of anilines is 1. The number of carbonyl (C=O) groups excluding carboxylic acids is 2. The van der Waals surface area contributed by atoms with Crippen LogP contribution in [0.25, 0.3) is 5.78 Å². The van der Waals surface area contributed by atoms with Gasteiger partial charge in [-0.2, -0.15) is 9.50 Å². The number of benzene rings is 1. The maximum atomic E-state index is 13.3. The number of carbonyl (C=O) groups is 2. The Morgan fingerprint density at radius 3 is 2.72 bits per heavy atom. The lowest BCUT2D eigenvalue weighted by Gasteiger charge is -2.07. The summed E-state index contributed by atoms with van der Waals surface area (Å²) >= 11 is 0. The first-order valence-electron chi connectivity index (χ1n) is 7.42. The lowest BCUT2D eigenvalue weighted by molar-refractivity contribution is 0.0946. The minimum Gasteiger partial charge on any atom is -0.366 e. The number of fused-ring (bicyclic) bond motifs is 1. The third-order valence-electron chi connectivity index (χ3n) is 3.60. The predicted molar refractivity (Wildman–Crippen MR) is 87.5 cm³/mol. The van der Waals surface area contributed by atoms with E-state index in [1.54, 1.807) is 19.1 Å². The van der Waals surface area contributed by atoms with E-state index in [1.807, 2.05) is 0 Å². The molecular formula is C16H15FN6O2. The minimum atomic E-state index is -0.492. The van der Waals surface area contributed by atoms with Crippen molar-refractivity contribution in [2.45, 2.75) is 20.4 Å². The van der Waals surface area contributed by atoms with Gasteiger partial charge >= 0.3 is 0 Å². The highest BCUT2D eigenvalue weighted by Gasteiger charge is 2.17. The number of nitrogens with zero attached hydrogens (tertiary/aromatic N) is 4. The maximum Gasteiger partial charge on any atom is 0.270 e. The van der Waals surface area contributed by atoms with Gasteiger partial charge < -0.3 is 11.1 Å². The van der Waals surface area contributed by atoms with E-state index >= 15 is 0 Å². The van der Waals surface area contributed by atoms with Gasteiger partial charge in [-0.3, -0.25) is 9.59 Å². The molecule has 1 amide bonds. The standard InChI is InChI=1S/C16H15FN6O2/c1-8-5-10(3-4-11(8)17)7-19-14(25)12-6-13(9(2)24)23-16(20-12)21-15(18)22-23/h3-6H,7H2,1-2H3,(H2,18,22)(H,19,25). The van der Waals surface area contributed by atoms with Crippen LogP contribution in [0.15, 0.2) is 24.3 Å². The van der Waals surface area contributed by atoms with Gasteiger partial charge in [-0.25, -0.2) is 9.37 Å². The summed E-state index contributed by atoms with van der Waals surface area (Å²) in [7, 11) is 0.